The van der Waals surface area contributed by atoms with Crippen molar-refractivity contribution in [2.75, 3.05) is 26.2 Å². The van der Waals surface area contributed by atoms with Crippen LogP contribution < -0.4 is 5.32 Å². The van der Waals surface area contributed by atoms with Gasteiger partial charge in [0.25, 0.3) is 0 Å². The molecule has 20 heavy (non-hydrogen) atoms. The van der Waals surface area contributed by atoms with Crippen LogP contribution in [0.5, 0.6) is 0 Å². The molecule has 0 aromatic heterocycles. The lowest BCUT2D eigenvalue weighted by Crippen LogP contribution is -2.37. The molecule has 1 aromatic carbocycles. The van der Waals surface area contributed by atoms with Crippen LogP contribution in [0.2, 0.25) is 10.0 Å². The van der Waals surface area contributed by atoms with Gasteiger partial charge in [0.1, 0.15) is 0 Å². The minimum atomic E-state index is 0.268. The largest absolute Gasteiger partial charge is 0.310 e. The van der Waals surface area contributed by atoms with Gasteiger partial charge in [-0.15, -0.1) is 0 Å². The van der Waals surface area contributed by atoms with E-state index >= 15 is 0 Å². The highest BCUT2D eigenvalue weighted by atomic mass is 35.5. The molecule has 1 unspecified atom stereocenters. The molecule has 0 aliphatic carbocycles. The van der Waals surface area contributed by atoms with Crippen LogP contribution in [-0.2, 0) is 0 Å². The molecule has 1 fully saturated rings. The average Bonchev–Trinajstić information content (AvgIpc) is 2.45. The molecule has 0 bridgehead atoms. The van der Waals surface area contributed by atoms with Crippen LogP contribution in [0.3, 0.4) is 0 Å². The van der Waals surface area contributed by atoms with Crippen molar-refractivity contribution < 1.29 is 0 Å². The number of nitrogens with one attached hydrogen (secondary N) is 1. The van der Waals surface area contributed by atoms with Crippen molar-refractivity contribution in [1.29, 1.82) is 0 Å². The van der Waals surface area contributed by atoms with Gasteiger partial charge in [0.05, 0.1) is 0 Å². The predicted octanol–water partition coefficient (Wildman–Crippen LogP) is 4.38. The first-order chi connectivity index (χ1) is 9.60. The summed E-state index contributed by atoms with van der Waals surface area (Å²) >= 11 is 12.2. The van der Waals surface area contributed by atoms with Gasteiger partial charge >= 0.3 is 0 Å². The fourth-order valence-electron chi connectivity index (χ4n) is 2.81. The zero-order valence-electron chi connectivity index (χ0n) is 12.3. The molecule has 1 atom stereocenters. The van der Waals surface area contributed by atoms with E-state index in [9.17, 15) is 0 Å². The molecule has 1 aliphatic heterocycles. The van der Waals surface area contributed by atoms with Crippen LogP contribution in [0.1, 0.15) is 38.3 Å². The van der Waals surface area contributed by atoms with Crippen LogP contribution in [0, 0.1) is 5.92 Å². The van der Waals surface area contributed by atoms with E-state index in [1.807, 2.05) is 18.2 Å². The fraction of sp³-hybridized carbons (Fsp3) is 0.625. The Kier molecular flexibility index (Phi) is 6.16. The highest BCUT2D eigenvalue weighted by Gasteiger charge is 2.19. The monoisotopic (exact) mass is 314 g/mol. The lowest BCUT2D eigenvalue weighted by molar-refractivity contribution is 0.188. The first-order valence-corrected chi connectivity index (χ1v) is 8.26. The summed E-state index contributed by atoms with van der Waals surface area (Å²) in [7, 11) is 0. The summed E-state index contributed by atoms with van der Waals surface area (Å²) in [5.41, 5.74) is 1.13. The highest BCUT2D eigenvalue weighted by Crippen LogP contribution is 2.26. The summed E-state index contributed by atoms with van der Waals surface area (Å²) in [6, 6.07) is 6.00. The molecule has 0 saturated carbocycles. The molecule has 1 heterocycles. The van der Waals surface area contributed by atoms with Crippen LogP contribution in [0.25, 0.3) is 0 Å². The minimum absolute atomic E-state index is 0.268. The third kappa shape index (κ3) is 4.36. The van der Waals surface area contributed by atoms with Gasteiger partial charge in [-0.3, -0.25) is 0 Å². The molecule has 1 saturated heterocycles. The molecule has 4 heteroatoms. The van der Waals surface area contributed by atoms with Crippen LogP contribution in [-0.4, -0.2) is 31.1 Å². The number of piperidine rings is 1. The average molecular weight is 315 g/mol. The molecule has 0 amide bonds. The summed E-state index contributed by atoms with van der Waals surface area (Å²) in [5.74, 6) is 0.784. The molecule has 2 rings (SSSR count). The number of nitrogens with zero attached hydrogens (tertiary/aromatic N) is 1. The minimum Gasteiger partial charge on any atom is -0.310 e. The molecule has 0 radical (unpaired) electrons. The predicted molar refractivity (Wildman–Crippen MR) is 87.7 cm³/mol. The summed E-state index contributed by atoms with van der Waals surface area (Å²) in [6.45, 7) is 9.12. The van der Waals surface area contributed by atoms with Crippen molar-refractivity contribution >= 4 is 23.2 Å². The number of rotatable bonds is 5. The second-order valence-electron chi connectivity index (χ2n) is 5.67. The van der Waals surface area contributed by atoms with E-state index in [0.29, 0.717) is 5.02 Å². The molecule has 2 nitrogen and oxygen atoms in total. The summed E-state index contributed by atoms with van der Waals surface area (Å²) < 4.78 is 0. The van der Waals surface area contributed by atoms with Crippen molar-refractivity contribution in [3.05, 3.63) is 33.8 Å². The van der Waals surface area contributed by atoms with Gasteiger partial charge in [-0.1, -0.05) is 36.2 Å². The summed E-state index contributed by atoms with van der Waals surface area (Å²) in [6.07, 6.45) is 2.59. The molecule has 1 aliphatic rings. The fourth-order valence-corrected chi connectivity index (χ4v) is 3.39. The van der Waals surface area contributed by atoms with Gasteiger partial charge in [0.2, 0.25) is 0 Å². The van der Waals surface area contributed by atoms with E-state index in [0.717, 1.165) is 23.0 Å². The summed E-state index contributed by atoms with van der Waals surface area (Å²) in [4.78, 5) is 2.52. The van der Waals surface area contributed by atoms with E-state index in [4.69, 9.17) is 23.2 Å². The second-order valence-corrected chi connectivity index (χ2v) is 6.52. The Balaban J connectivity index is 1.82. The Labute approximate surface area is 132 Å². The maximum absolute atomic E-state index is 6.25. The van der Waals surface area contributed by atoms with Crippen LogP contribution in [0.15, 0.2) is 18.2 Å². The maximum Gasteiger partial charge on any atom is 0.0468 e. The Hall–Kier alpha value is -0.280. The smallest absolute Gasteiger partial charge is 0.0468 e. The zero-order valence-corrected chi connectivity index (χ0v) is 13.8. The van der Waals surface area contributed by atoms with E-state index in [2.05, 4.69) is 24.1 Å². The molecule has 112 valence electrons. The number of hydrogen-bond acceptors (Lipinski definition) is 2. The molecule has 1 N–H and O–H groups in total. The quantitative estimate of drug-likeness (QED) is 0.867. The van der Waals surface area contributed by atoms with Crippen molar-refractivity contribution in [2.45, 2.75) is 32.7 Å². The lowest BCUT2D eigenvalue weighted by Gasteiger charge is -2.31. The van der Waals surface area contributed by atoms with Gasteiger partial charge in [-0.25, -0.2) is 0 Å². The number of likely N-dealkylation sites (tertiary alicyclic amines) is 1. The van der Waals surface area contributed by atoms with Crippen LogP contribution >= 0.6 is 23.2 Å². The third-order valence-electron chi connectivity index (χ3n) is 4.30. The van der Waals surface area contributed by atoms with E-state index in [-0.39, 0.29) is 6.04 Å². The Morgan fingerprint density at radius 3 is 2.60 bits per heavy atom. The standard InChI is InChI=1S/C16H24Cl2N2/c1-3-20-8-6-13(7-9-20)11-19-12(2)15-5-4-14(17)10-16(15)18/h4-5,10,12-13,19H,3,6-9,11H2,1-2H3. The van der Waals surface area contributed by atoms with Gasteiger partial charge in [-0.05, 0) is 69.6 Å². The zero-order chi connectivity index (χ0) is 14.5. The third-order valence-corrected chi connectivity index (χ3v) is 4.86. The lowest BCUT2D eigenvalue weighted by atomic mass is 9.96. The summed E-state index contributed by atoms with van der Waals surface area (Å²) in [5, 5.41) is 5.06. The van der Waals surface area contributed by atoms with Crippen molar-refractivity contribution in [3.8, 4) is 0 Å². The maximum atomic E-state index is 6.25. The van der Waals surface area contributed by atoms with Crippen molar-refractivity contribution in [3.63, 3.8) is 0 Å². The Morgan fingerprint density at radius 1 is 1.30 bits per heavy atom. The van der Waals surface area contributed by atoms with Crippen LogP contribution in [0.4, 0.5) is 0 Å². The number of hydrogen-bond donors (Lipinski definition) is 1. The van der Waals surface area contributed by atoms with E-state index < -0.39 is 0 Å². The Morgan fingerprint density at radius 2 is 2.00 bits per heavy atom. The van der Waals surface area contributed by atoms with Crippen molar-refractivity contribution in [1.82, 2.24) is 10.2 Å². The topological polar surface area (TPSA) is 15.3 Å². The number of halogens is 2. The molecule has 1 aromatic rings. The van der Waals surface area contributed by atoms with Gasteiger partial charge < -0.3 is 10.2 Å². The van der Waals surface area contributed by atoms with E-state index in [1.54, 1.807) is 0 Å². The Bertz CT molecular complexity index is 428. The number of benzene rings is 1. The van der Waals surface area contributed by atoms with Gasteiger partial charge in [-0.2, -0.15) is 0 Å². The first kappa shape index (κ1) is 16.1. The molecular formula is C16H24Cl2N2. The highest BCUT2D eigenvalue weighted by molar-refractivity contribution is 6.35. The van der Waals surface area contributed by atoms with Gasteiger partial charge in [0.15, 0.2) is 0 Å². The SMILES string of the molecule is CCN1CCC(CNC(C)c2ccc(Cl)cc2Cl)CC1. The normalized spacial score (nSPS) is 19.2. The molecular weight excluding hydrogens is 291 g/mol. The van der Waals surface area contributed by atoms with E-state index in [1.165, 1.54) is 32.5 Å². The second kappa shape index (κ2) is 7.65. The van der Waals surface area contributed by atoms with Gasteiger partial charge in [0, 0.05) is 16.1 Å². The van der Waals surface area contributed by atoms with Crippen molar-refractivity contribution in [2.24, 2.45) is 5.92 Å². The first-order valence-electron chi connectivity index (χ1n) is 7.50. The molecule has 0 spiro atoms.